The number of hydrogen-bond acceptors (Lipinski definition) is 2. The molecule has 0 fully saturated rings. The van der Waals surface area contributed by atoms with Gasteiger partial charge in [0.1, 0.15) is 0 Å². The molecule has 0 spiro atoms. The number of rotatable bonds is 2. The van der Waals surface area contributed by atoms with Gasteiger partial charge < -0.3 is 0 Å². The van der Waals surface area contributed by atoms with Crippen LogP contribution in [0.4, 0.5) is 0 Å². The Morgan fingerprint density at radius 1 is 1.28 bits per heavy atom. The van der Waals surface area contributed by atoms with Gasteiger partial charge in [-0.1, -0.05) is 36.4 Å². The second kappa shape index (κ2) is 5.45. The lowest BCUT2D eigenvalue weighted by atomic mass is 10.1. The number of benzene rings is 1. The van der Waals surface area contributed by atoms with E-state index in [1.165, 1.54) is 11.0 Å². The maximum atomic E-state index is 12.1. The Hall–Kier alpha value is -2.16. The van der Waals surface area contributed by atoms with Crippen molar-refractivity contribution in [1.82, 2.24) is 4.90 Å². The predicted octanol–water partition coefficient (Wildman–Crippen LogP) is 2.41. The molecule has 2 rings (SSSR count). The highest BCUT2D eigenvalue weighted by atomic mass is 16.2. The molecule has 0 saturated carbocycles. The molecule has 18 heavy (non-hydrogen) atoms. The molecule has 1 aromatic carbocycles. The highest BCUT2D eigenvalue weighted by Crippen LogP contribution is 2.12. The smallest absolute Gasteiger partial charge is 0.256 e. The summed E-state index contributed by atoms with van der Waals surface area (Å²) >= 11 is 0. The number of nitrogens with zero attached hydrogens (tertiary/aromatic N) is 1. The number of carbonyl (C=O) groups excluding carboxylic acids is 2. The largest absolute Gasteiger partial charge is 0.275 e. The molecule has 0 radical (unpaired) electrons. The maximum Gasteiger partial charge on any atom is 0.256 e. The highest BCUT2D eigenvalue weighted by Gasteiger charge is 2.22. The standard InChI is InChI=1S/C15H15NO2/c1-12(11-13-7-3-2-4-8-13)15(18)16-10-6-5-9-14(16)17/h2-5,7-9,11H,6,10H2,1H3. The summed E-state index contributed by atoms with van der Waals surface area (Å²) in [6, 6.07) is 9.60. The fourth-order valence-corrected chi connectivity index (χ4v) is 1.86. The van der Waals surface area contributed by atoms with E-state index < -0.39 is 0 Å². The van der Waals surface area contributed by atoms with Gasteiger partial charge in [0, 0.05) is 12.1 Å². The van der Waals surface area contributed by atoms with Gasteiger partial charge in [-0.05, 0) is 31.1 Å². The van der Waals surface area contributed by atoms with Crippen LogP contribution >= 0.6 is 0 Å². The molecule has 0 aliphatic carbocycles. The third kappa shape index (κ3) is 2.74. The summed E-state index contributed by atoms with van der Waals surface area (Å²) in [5.74, 6) is -0.444. The Morgan fingerprint density at radius 2 is 2.00 bits per heavy atom. The van der Waals surface area contributed by atoms with Crippen molar-refractivity contribution in [3.63, 3.8) is 0 Å². The number of carbonyl (C=O) groups is 2. The van der Waals surface area contributed by atoms with Gasteiger partial charge in [0.25, 0.3) is 11.8 Å². The number of imide groups is 1. The van der Waals surface area contributed by atoms with E-state index in [2.05, 4.69) is 0 Å². The second-order valence-corrected chi connectivity index (χ2v) is 4.22. The Morgan fingerprint density at radius 3 is 2.67 bits per heavy atom. The molecule has 1 aromatic rings. The van der Waals surface area contributed by atoms with Crippen LogP contribution in [0.3, 0.4) is 0 Å². The fraction of sp³-hybridized carbons (Fsp3) is 0.200. The summed E-state index contributed by atoms with van der Waals surface area (Å²) in [5.41, 5.74) is 1.54. The van der Waals surface area contributed by atoms with E-state index in [1.807, 2.05) is 30.3 Å². The molecule has 0 bridgehead atoms. The van der Waals surface area contributed by atoms with Gasteiger partial charge in [0.15, 0.2) is 0 Å². The van der Waals surface area contributed by atoms with E-state index in [0.717, 1.165) is 12.0 Å². The van der Waals surface area contributed by atoms with E-state index in [1.54, 1.807) is 19.1 Å². The predicted molar refractivity (Wildman–Crippen MR) is 70.6 cm³/mol. The lowest BCUT2D eigenvalue weighted by molar-refractivity contribution is -0.139. The third-order valence-electron chi connectivity index (χ3n) is 2.81. The minimum absolute atomic E-state index is 0.215. The molecule has 0 aromatic heterocycles. The van der Waals surface area contributed by atoms with Crippen LogP contribution in [0.2, 0.25) is 0 Å². The monoisotopic (exact) mass is 241 g/mol. The Bertz CT molecular complexity index is 515. The van der Waals surface area contributed by atoms with Gasteiger partial charge in [0.05, 0.1) is 0 Å². The van der Waals surface area contributed by atoms with E-state index in [0.29, 0.717) is 12.1 Å². The summed E-state index contributed by atoms with van der Waals surface area (Å²) in [7, 11) is 0. The molecular formula is C15H15NO2. The fourth-order valence-electron chi connectivity index (χ4n) is 1.86. The SMILES string of the molecule is CC(=Cc1ccccc1)C(=O)N1CCC=CC1=O. The Labute approximate surface area is 106 Å². The van der Waals surface area contributed by atoms with E-state index in [9.17, 15) is 9.59 Å². The van der Waals surface area contributed by atoms with Crippen LogP contribution in [0, 0.1) is 0 Å². The summed E-state index contributed by atoms with van der Waals surface area (Å²) in [5, 5.41) is 0. The van der Waals surface area contributed by atoms with Crippen molar-refractivity contribution >= 4 is 17.9 Å². The lowest BCUT2D eigenvalue weighted by Crippen LogP contribution is -2.38. The van der Waals surface area contributed by atoms with Crippen LogP contribution in [0.25, 0.3) is 6.08 Å². The van der Waals surface area contributed by atoms with Crippen LogP contribution in [-0.4, -0.2) is 23.3 Å². The average molecular weight is 241 g/mol. The number of hydrogen-bond donors (Lipinski definition) is 0. The molecule has 2 amide bonds. The number of amides is 2. The maximum absolute atomic E-state index is 12.1. The van der Waals surface area contributed by atoms with E-state index >= 15 is 0 Å². The van der Waals surface area contributed by atoms with Crippen LogP contribution < -0.4 is 0 Å². The molecule has 1 aliphatic rings. The molecular weight excluding hydrogens is 226 g/mol. The van der Waals surface area contributed by atoms with Crippen molar-refractivity contribution in [3.8, 4) is 0 Å². The molecule has 0 saturated heterocycles. The first-order valence-electron chi connectivity index (χ1n) is 5.94. The molecule has 0 unspecified atom stereocenters. The molecule has 3 nitrogen and oxygen atoms in total. The van der Waals surface area contributed by atoms with Crippen molar-refractivity contribution in [1.29, 1.82) is 0 Å². The van der Waals surface area contributed by atoms with Crippen LogP contribution in [-0.2, 0) is 9.59 Å². The van der Waals surface area contributed by atoms with Crippen molar-refractivity contribution in [2.24, 2.45) is 0 Å². The molecule has 0 N–H and O–H groups in total. The van der Waals surface area contributed by atoms with Gasteiger partial charge in [-0.2, -0.15) is 0 Å². The lowest BCUT2D eigenvalue weighted by Gasteiger charge is -2.21. The molecule has 0 atom stereocenters. The highest BCUT2D eigenvalue weighted by molar-refractivity contribution is 6.09. The van der Waals surface area contributed by atoms with Gasteiger partial charge in [0.2, 0.25) is 0 Å². The normalized spacial score (nSPS) is 15.9. The van der Waals surface area contributed by atoms with Crippen LogP contribution in [0.5, 0.6) is 0 Å². The summed E-state index contributed by atoms with van der Waals surface area (Å²) in [4.78, 5) is 25.0. The second-order valence-electron chi connectivity index (χ2n) is 4.22. The van der Waals surface area contributed by atoms with Crippen LogP contribution in [0.1, 0.15) is 18.9 Å². The van der Waals surface area contributed by atoms with Crippen molar-refractivity contribution < 1.29 is 9.59 Å². The first-order chi connectivity index (χ1) is 8.68. The van der Waals surface area contributed by atoms with Crippen molar-refractivity contribution in [2.45, 2.75) is 13.3 Å². The van der Waals surface area contributed by atoms with Gasteiger partial charge in [-0.25, -0.2) is 0 Å². The quantitative estimate of drug-likeness (QED) is 0.746. The van der Waals surface area contributed by atoms with Gasteiger partial charge in [-0.3, -0.25) is 14.5 Å². The minimum atomic E-state index is -0.230. The van der Waals surface area contributed by atoms with Crippen molar-refractivity contribution in [3.05, 3.63) is 53.6 Å². The zero-order chi connectivity index (χ0) is 13.0. The van der Waals surface area contributed by atoms with Crippen molar-refractivity contribution in [2.75, 3.05) is 6.54 Å². The molecule has 92 valence electrons. The first kappa shape index (κ1) is 12.3. The van der Waals surface area contributed by atoms with E-state index in [-0.39, 0.29) is 11.8 Å². The zero-order valence-electron chi connectivity index (χ0n) is 10.3. The van der Waals surface area contributed by atoms with Gasteiger partial charge in [-0.15, -0.1) is 0 Å². The Balaban J connectivity index is 2.16. The minimum Gasteiger partial charge on any atom is -0.275 e. The summed E-state index contributed by atoms with van der Waals surface area (Å²) in [6.45, 7) is 2.20. The average Bonchev–Trinajstić information content (AvgIpc) is 2.39. The van der Waals surface area contributed by atoms with Gasteiger partial charge >= 0.3 is 0 Å². The van der Waals surface area contributed by atoms with E-state index in [4.69, 9.17) is 0 Å². The Kier molecular flexibility index (Phi) is 3.72. The third-order valence-corrected chi connectivity index (χ3v) is 2.81. The molecule has 3 heteroatoms. The molecule has 1 heterocycles. The topological polar surface area (TPSA) is 37.4 Å². The summed E-state index contributed by atoms with van der Waals surface area (Å²) in [6.07, 6.45) is 5.78. The summed E-state index contributed by atoms with van der Waals surface area (Å²) < 4.78 is 0. The first-order valence-corrected chi connectivity index (χ1v) is 5.94. The zero-order valence-corrected chi connectivity index (χ0v) is 10.3. The molecule has 1 aliphatic heterocycles. The van der Waals surface area contributed by atoms with Crippen LogP contribution in [0.15, 0.2) is 48.1 Å².